The Kier molecular flexibility index (Phi) is 5.46. The smallest absolute Gasteiger partial charge is 0.0774 e. The predicted octanol–water partition coefficient (Wildman–Crippen LogP) is 3.33. The zero-order valence-corrected chi connectivity index (χ0v) is 13.1. The highest BCUT2D eigenvalue weighted by atomic mass is 16.3. The van der Waals surface area contributed by atoms with Gasteiger partial charge in [0.15, 0.2) is 0 Å². The van der Waals surface area contributed by atoms with Crippen molar-refractivity contribution < 1.29 is 5.11 Å². The highest BCUT2D eigenvalue weighted by molar-refractivity contribution is 4.99. The third-order valence-corrected chi connectivity index (χ3v) is 5.43. The van der Waals surface area contributed by atoms with Gasteiger partial charge in [-0.05, 0) is 45.1 Å². The lowest BCUT2D eigenvalue weighted by atomic mass is 9.76. The summed E-state index contributed by atoms with van der Waals surface area (Å²) in [6.45, 7) is 2.99. The Balaban J connectivity index is 1.97. The monoisotopic (exact) mass is 278 g/mol. The lowest BCUT2D eigenvalue weighted by Crippen LogP contribution is -2.48. The van der Waals surface area contributed by atoms with Crippen molar-refractivity contribution in [3.63, 3.8) is 0 Å². The molecule has 0 bridgehead atoms. The topological polar surface area (TPSA) is 47.3 Å². The van der Waals surface area contributed by atoms with E-state index >= 15 is 0 Å². The molecule has 2 saturated carbocycles. The number of nitriles is 1. The van der Waals surface area contributed by atoms with Gasteiger partial charge in [-0.15, -0.1) is 0 Å². The number of hydrogen-bond donors (Lipinski definition) is 1. The van der Waals surface area contributed by atoms with Gasteiger partial charge >= 0.3 is 0 Å². The molecule has 0 aromatic rings. The Labute approximate surface area is 124 Å². The molecular formula is C17H30N2O. The molecule has 1 N–H and O–H groups in total. The number of nitrogens with zero attached hydrogens (tertiary/aromatic N) is 2. The van der Waals surface area contributed by atoms with Crippen LogP contribution < -0.4 is 0 Å². The van der Waals surface area contributed by atoms with E-state index in [2.05, 4.69) is 24.9 Å². The lowest BCUT2D eigenvalue weighted by Gasteiger charge is -2.41. The second kappa shape index (κ2) is 6.91. The summed E-state index contributed by atoms with van der Waals surface area (Å²) in [6, 6.07) is 2.85. The second-order valence-corrected chi connectivity index (χ2v) is 7.12. The zero-order chi connectivity index (χ0) is 14.6. The SMILES string of the molecule is CCCC1CCC(C#N)C(N(C)CC2(O)CCCC2)C1. The zero-order valence-electron chi connectivity index (χ0n) is 13.1. The van der Waals surface area contributed by atoms with Crippen LogP contribution in [0.4, 0.5) is 0 Å². The van der Waals surface area contributed by atoms with E-state index in [1.165, 1.54) is 19.3 Å². The molecule has 3 unspecified atom stereocenters. The highest BCUT2D eigenvalue weighted by Crippen LogP contribution is 2.36. The molecule has 2 aliphatic carbocycles. The summed E-state index contributed by atoms with van der Waals surface area (Å²) in [5.74, 6) is 0.924. The van der Waals surface area contributed by atoms with Crippen molar-refractivity contribution in [2.24, 2.45) is 11.8 Å². The van der Waals surface area contributed by atoms with E-state index in [-0.39, 0.29) is 5.92 Å². The van der Waals surface area contributed by atoms with Crippen LogP contribution in [0.25, 0.3) is 0 Å². The Bertz CT molecular complexity index is 343. The molecule has 0 aromatic heterocycles. The van der Waals surface area contributed by atoms with Crippen molar-refractivity contribution in [3.8, 4) is 6.07 Å². The quantitative estimate of drug-likeness (QED) is 0.839. The van der Waals surface area contributed by atoms with E-state index < -0.39 is 5.60 Å². The van der Waals surface area contributed by atoms with Crippen LogP contribution in [0, 0.1) is 23.2 Å². The summed E-state index contributed by atoms with van der Waals surface area (Å²) in [7, 11) is 2.11. The normalized spacial score (nSPS) is 33.2. The molecule has 2 aliphatic rings. The van der Waals surface area contributed by atoms with Crippen LogP contribution in [0.1, 0.15) is 64.7 Å². The van der Waals surface area contributed by atoms with Gasteiger partial charge in [0.1, 0.15) is 0 Å². The molecule has 0 amide bonds. The van der Waals surface area contributed by atoms with Gasteiger partial charge in [0, 0.05) is 12.6 Å². The van der Waals surface area contributed by atoms with E-state index in [1.807, 2.05) is 0 Å². The maximum atomic E-state index is 10.6. The Morgan fingerprint density at radius 3 is 2.60 bits per heavy atom. The first-order chi connectivity index (χ1) is 9.58. The molecule has 2 rings (SSSR count). The number of hydrogen-bond acceptors (Lipinski definition) is 3. The fraction of sp³-hybridized carbons (Fsp3) is 0.941. The fourth-order valence-corrected chi connectivity index (χ4v) is 4.31. The van der Waals surface area contributed by atoms with Gasteiger partial charge in [-0.3, -0.25) is 4.90 Å². The highest BCUT2D eigenvalue weighted by Gasteiger charge is 2.38. The van der Waals surface area contributed by atoms with Crippen LogP contribution in [-0.2, 0) is 0 Å². The van der Waals surface area contributed by atoms with E-state index in [9.17, 15) is 10.4 Å². The van der Waals surface area contributed by atoms with Crippen molar-refractivity contribution in [3.05, 3.63) is 0 Å². The van der Waals surface area contributed by atoms with E-state index in [0.29, 0.717) is 6.04 Å². The van der Waals surface area contributed by atoms with E-state index in [1.54, 1.807) is 0 Å². The maximum Gasteiger partial charge on any atom is 0.0774 e. The van der Waals surface area contributed by atoms with Gasteiger partial charge in [-0.25, -0.2) is 0 Å². The molecule has 2 fully saturated rings. The van der Waals surface area contributed by atoms with Crippen LogP contribution >= 0.6 is 0 Å². The third kappa shape index (κ3) is 3.74. The largest absolute Gasteiger partial charge is 0.389 e. The summed E-state index contributed by atoms with van der Waals surface area (Å²) in [5.41, 5.74) is -0.494. The minimum absolute atomic E-state index is 0.151. The minimum Gasteiger partial charge on any atom is -0.389 e. The van der Waals surface area contributed by atoms with E-state index in [4.69, 9.17) is 0 Å². The average molecular weight is 278 g/mol. The fourth-order valence-electron chi connectivity index (χ4n) is 4.31. The molecule has 0 aromatic carbocycles. The van der Waals surface area contributed by atoms with Crippen molar-refractivity contribution in [1.29, 1.82) is 5.26 Å². The van der Waals surface area contributed by atoms with Gasteiger partial charge in [-0.1, -0.05) is 32.6 Å². The lowest BCUT2D eigenvalue weighted by molar-refractivity contribution is -0.00883. The van der Waals surface area contributed by atoms with Crippen LogP contribution in [0.3, 0.4) is 0 Å². The number of aliphatic hydroxyl groups is 1. The number of likely N-dealkylation sites (N-methyl/N-ethyl adjacent to an activating group) is 1. The van der Waals surface area contributed by atoms with E-state index in [0.717, 1.165) is 51.0 Å². The molecule has 0 spiro atoms. The first kappa shape index (κ1) is 15.8. The summed E-state index contributed by atoms with van der Waals surface area (Å²) >= 11 is 0. The van der Waals surface area contributed by atoms with Crippen molar-refractivity contribution in [2.45, 2.75) is 76.4 Å². The Morgan fingerprint density at radius 2 is 2.00 bits per heavy atom. The third-order valence-electron chi connectivity index (χ3n) is 5.43. The predicted molar refractivity (Wildman–Crippen MR) is 81.2 cm³/mol. The Hall–Kier alpha value is -0.590. The van der Waals surface area contributed by atoms with Gasteiger partial charge in [0.25, 0.3) is 0 Å². The molecule has 0 saturated heterocycles. The molecule has 3 nitrogen and oxygen atoms in total. The first-order valence-corrected chi connectivity index (χ1v) is 8.40. The standard InChI is InChI=1S/C17H30N2O/c1-3-6-14-7-8-15(12-18)16(11-14)19(2)13-17(20)9-4-5-10-17/h14-16,20H,3-11,13H2,1-2H3. The molecule has 20 heavy (non-hydrogen) atoms. The van der Waals surface area contributed by atoms with Crippen molar-refractivity contribution in [1.82, 2.24) is 4.90 Å². The minimum atomic E-state index is -0.494. The molecule has 3 heteroatoms. The van der Waals surface area contributed by atoms with Crippen LogP contribution in [0.5, 0.6) is 0 Å². The summed E-state index contributed by atoms with van der Waals surface area (Å²) in [6.07, 6.45) is 10.1. The molecule has 0 aliphatic heterocycles. The molecule has 0 heterocycles. The molecule has 114 valence electrons. The first-order valence-electron chi connectivity index (χ1n) is 8.40. The molecule has 0 radical (unpaired) electrons. The van der Waals surface area contributed by atoms with Crippen LogP contribution in [0.15, 0.2) is 0 Å². The van der Waals surface area contributed by atoms with Crippen LogP contribution in [0.2, 0.25) is 0 Å². The van der Waals surface area contributed by atoms with Gasteiger partial charge < -0.3 is 5.11 Å². The van der Waals surface area contributed by atoms with Gasteiger partial charge in [-0.2, -0.15) is 5.26 Å². The Morgan fingerprint density at radius 1 is 1.30 bits per heavy atom. The summed E-state index contributed by atoms with van der Waals surface area (Å²) in [5, 5.41) is 20.0. The van der Waals surface area contributed by atoms with Crippen molar-refractivity contribution in [2.75, 3.05) is 13.6 Å². The van der Waals surface area contributed by atoms with Gasteiger partial charge in [0.2, 0.25) is 0 Å². The van der Waals surface area contributed by atoms with Crippen LogP contribution in [-0.4, -0.2) is 35.2 Å². The molecule has 3 atom stereocenters. The maximum absolute atomic E-state index is 10.6. The average Bonchev–Trinajstić information content (AvgIpc) is 2.85. The second-order valence-electron chi connectivity index (χ2n) is 7.12. The molecular weight excluding hydrogens is 248 g/mol. The summed E-state index contributed by atoms with van der Waals surface area (Å²) in [4.78, 5) is 2.29. The summed E-state index contributed by atoms with van der Waals surface area (Å²) < 4.78 is 0. The van der Waals surface area contributed by atoms with Crippen molar-refractivity contribution >= 4 is 0 Å². The number of rotatable bonds is 5. The van der Waals surface area contributed by atoms with Gasteiger partial charge in [0.05, 0.1) is 17.6 Å².